The Hall–Kier alpha value is -1.18. The minimum absolute atomic E-state index is 0.791. The summed E-state index contributed by atoms with van der Waals surface area (Å²) >= 11 is 0. The summed E-state index contributed by atoms with van der Waals surface area (Å²) in [7, 11) is 0. The van der Waals surface area contributed by atoms with Crippen molar-refractivity contribution in [2.45, 2.75) is 6.42 Å². The van der Waals surface area contributed by atoms with Gasteiger partial charge in [-0.05, 0) is 11.6 Å². The van der Waals surface area contributed by atoms with Gasteiger partial charge < -0.3 is 0 Å². The lowest BCUT2D eigenvalue weighted by Crippen LogP contribution is -1.88. The van der Waals surface area contributed by atoms with Crippen molar-refractivity contribution >= 4 is 5.69 Å². The lowest BCUT2D eigenvalue weighted by molar-refractivity contribution is 0.972. The highest BCUT2D eigenvalue weighted by Gasteiger charge is 2.04. The zero-order valence-electron chi connectivity index (χ0n) is 5.41. The molecular formula is C8H6N2. The Balaban J connectivity index is 2.54. The van der Waals surface area contributed by atoms with Gasteiger partial charge in [-0.1, -0.05) is 18.2 Å². The number of hydrogen-bond acceptors (Lipinski definition) is 2. The highest BCUT2D eigenvalue weighted by Crippen LogP contribution is 2.24. The largest absolute Gasteiger partial charge is 0.176 e. The molecule has 1 aliphatic rings. The fourth-order valence-electron chi connectivity index (χ4n) is 0.968. The Bertz CT molecular complexity index is 266. The van der Waals surface area contributed by atoms with E-state index >= 15 is 0 Å². The summed E-state index contributed by atoms with van der Waals surface area (Å²) in [6.07, 6.45) is 0.791. The van der Waals surface area contributed by atoms with Crippen LogP contribution < -0.4 is 0 Å². The van der Waals surface area contributed by atoms with Gasteiger partial charge >= 0.3 is 0 Å². The van der Waals surface area contributed by atoms with Crippen LogP contribution in [-0.4, -0.2) is 0 Å². The van der Waals surface area contributed by atoms with Crippen LogP contribution in [0, 0.1) is 6.54 Å². The highest BCUT2D eigenvalue weighted by atomic mass is 15.1. The molecule has 0 N–H and O–H groups in total. The number of hydrogen-bond donors (Lipinski definition) is 0. The van der Waals surface area contributed by atoms with Crippen LogP contribution in [0.5, 0.6) is 0 Å². The van der Waals surface area contributed by atoms with E-state index in [9.17, 15) is 0 Å². The predicted molar refractivity (Wildman–Crippen MR) is 37.9 cm³/mol. The first kappa shape index (κ1) is 5.59. The summed E-state index contributed by atoms with van der Waals surface area (Å²) < 4.78 is 0. The Morgan fingerprint density at radius 1 is 1.30 bits per heavy atom. The number of benzene rings is 1. The van der Waals surface area contributed by atoms with Gasteiger partial charge in [0, 0.05) is 6.42 Å². The van der Waals surface area contributed by atoms with E-state index in [-0.39, 0.29) is 0 Å². The monoisotopic (exact) mass is 130 g/mol. The maximum absolute atomic E-state index is 3.91. The summed E-state index contributed by atoms with van der Waals surface area (Å²) in [5.41, 5.74) is 2.18. The normalized spacial score (nSPS) is 14.8. The van der Waals surface area contributed by atoms with Crippen molar-refractivity contribution in [3.8, 4) is 0 Å². The van der Waals surface area contributed by atoms with Gasteiger partial charge in [-0.3, -0.25) is 0 Å². The van der Waals surface area contributed by atoms with Crippen molar-refractivity contribution in [3.63, 3.8) is 0 Å². The number of azo groups is 1. The van der Waals surface area contributed by atoms with E-state index in [4.69, 9.17) is 0 Å². The number of fused-ring (bicyclic) bond motifs is 1. The van der Waals surface area contributed by atoms with Gasteiger partial charge in [0.15, 0.2) is 0 Å². The van der Waals surface area contributed by atoms with Gasteiger partial charge in [-0.15, -0.1) is 0 Å². The zero-order valence-corrected chi connectivity index (χ0v) is 5.41. The Labute approximate surface area is 59.6 Å². The lowest BCUT2D eigenvalue weighted by Gasteiger charge is -2.04. The predicted octanol–water partition coefficient (Wildman–Crippen LogP) is 2.37. The minimum atomic E-state index is 0.791. The van der Waals surface area contributed by atoms with Crippen LogP contribution in [0.4, 0.5) is 5.69 Å². The smallest absolute Gasteiger partial charge is 0.145 e. The molecule has 1 aromatic carbocycles. The molecule has 10 heavy (non-hydrogen) atoms. The average Bonchev–Trinajstić information content (AvgIpc) is 2.05. The summed E-state index contributed by atoms with van der Waals surface area (Å²) in [4.78, 5) is 0. The van der Waals surface area contributed by atoms with Crippen LogP contribution in [0.25, 0.3) is 0 Å². The van der Waals surface area contributed by atoms with Crippen molar-refractivity contribution in [3.05, 3.63) is 36.4 Å². The quantitative estimate of drug-likeness (QED) is 0.515. The van der Waals surface area contributed by atoms with E-state index < -0.39 is 0 Å². The van der Waals surface area contributed by atoms with E-state index in [1.54, 1.807) is 0 Å². The lowest BCUT2D eigenvalue weighted by atomic mass is 10.1. The van der Waals surface area contributed by atoms with Gasteiger partial charge in [-0.2, -0.15) is 10.2 Å². The molecular weight excluding hydrogens is 124 g/mol. The molecule has 2 rings (SSSR count). The molecule has 1 aliphatic heterocycles. The third-order valence-corrected chi connectivity index (χ3v) is 1.49. The molecule has 0 spiro atoms. The standard InChI is InChI=1S/C8H6N2/c1-2-4-8-7(3-1)5-6-9-10-8/h1-4H,5H2. The maximum Gasteiger partial charge on any atom is 0.145 e. The van der Waals surface area contributed by atoms with Crippen molar-refractivity contribution in [2.75, 3.05) is 0 Å². The molecule has 0 aromatic heterocycles. The summed E-state index contributed by atoms with van der Waals surface area (Å²) in [5.74, 6) is 0. The minimum Gasteiger partial charge on any atom is -0.176 e. The second kappa shape index (κ2) is 2.21. The maximum atomic E-state index is 3.91. The third-order valence-electron chi connectivity index (χ3n) is 1.49. The highest BCUT2D eigenvalue weighted by molar-refractivity contribution is 5.46. The van der Waals surface area contributed by atoms with E-state index in [1.807, 2.05) is 24.3 Å². The van der Waals surface area contributed by atoms with Crippen molar-refractivity contribution in [1.82, 2.24) is 0 Å². The average molecular weight is 130 g/mol. The Morgan fingerprint density at radius 3 is 3.10 bits per heavy atom. The molecule has 0 atom stereocenters. The Morgan fingerprint density at radius 2 is 2.20 bits per heavy atom. The molecule has 48 valence electrons. The SMILES string of the molecule is [C]1Cc2ccccc2N=N1. The van der Waals surface area contributed by atoms with Crippen LogP contribution in [0.15, 0.2) is 34.5 Å². The molecule has 2 heteroatoms. The fourth-order valence-corrected chi connectivity index (χ4v) is 0.968. The van der Waals surface area contributed by atoms with Crippen LogP contribution in [0.1, 0.15) is 5.56 Å². The van der Waals surface area contributed by atoms with Crippen LogP contribution in [0.3, 0.4) is 0 Å². The molecule has 2 nitrogen and oxygen atoms in total. The molecule has 0 unspecified atom stereocenters. The van der Waals surface area contributed by atoms with Crippen molar-refractivity contribution in [1.29, 1.82) is 0 Å². The summed E-state index contributed by atoms with van der Waals surface area (Å²) in [5, 5.41) is 7.60. The number of nitrogens with zero attached hydrogens (tertiary/aromatic N) is 2. The van der Waals surface area contributed by atoms with Gasteiger partial charge in [0.25, 0.3) is 0 Å². The van der Waals surface area contributed by atoms with Crippen LogP contribution in [-0.2, 0) is 6.42 Å². The Kier molecular flexibility index (Phi) is 1.24. The summed E-state index contributed by atoms with van der Waals surface area (Å²) in [6, 6.07) is 7.96. The van der Waals surface area contributed by atoms with E-state index in [2.05, 4.69) is 16.8 Å². The van der Waals surface area contributed by atoms with Crippen LogP contribution >= 0.6 is 0 Å². The first-order valence-corrected chi connectivity index (χ1v) is 3.18. The van der Waals surface area contributed by atoms with Gasteiger partial charge in [-0.25, -0.2) is 0 Å². The van der Waals surface area contributed by atoms with Gasteiger partial charge in [0.1, 0.15) is 6.54 Å². The van der Waals surface area contributed by atoms with Crippen molar-refractivity contribution < 1.29 is 0 Å². The molecule has 0 saturated heterocycles. The van der Waals surface area contributed by atoms with Crippen molar-refractivity contribution in [2.24, 2.45) is 10.2 Å². The van der Waals surface area contributed by atoms with Crippen LogP contribution in [0.2, 0.25) is 0 Å². The molecule has 0 saturated carbocycles. The molecule has 2 radical (unpaired) electrons. The number of rotatable bonds is 0. The zero-order chi connectivity index (χ0) is 6.81. The third kappa shape index (κ3) is 0.817. The molecule has 1 aromatic rings. The molecule has 0 amide bonds. The fraction of sp³-hybridized carbons (Fsp3) is 0.125. The topological polar surface area (TPSA) is 24.7 Å². The van der Waals surface area contributed by atoms with Gasteiger partial charge in [0.2, 0.25) is 0 Å². The molecule has 0 fully saturated rings. The van der Waals surface area contributed by atoms with E-state index in [0.29, 0.717) is 0 Å². The summed E-state index contributed by atoms with van der Waals surface area (Å²) in [6.45, 7) is 2.80. The molecule has 0 bridgehead atoms. The second-order valence-electron chi connectivity index (χ2n) is 2.16. The molecule has 1 heterocycles. The molecule has 0 aliphatic carbocycles. The van der Waals surface area contributed by atoms with Gasteiger partial charge in [0.05, 0.1) is 5.69 Å². The second-order valence-corrected chi connectivity index (χ2v) is 2.16. The van der Waals surface area contributed by atoms with E-state index in [1.165, 1.54) is 5.56 Å². The van der Waals surface area contributed by atoms with E-state index in [0.717, 1.165) is 12.1 Å². The first-order chi connectivity index (χ1) is 4.97. The first-order valence-electron chi connectivity index (χ1n) is 3.18.